The monoisotopic (exact) mass is 293 g/mol. The smallest absolute Gasteiger partial charge is 0.0596 e. The van der Waals surface area contributed by atoms with Crippen LogP contribution in [0, 0.1) is 5.92 Å². The van der Waals surface area contributed by atoms with Gasteiger partial charge in [0.2, 0.25) is 0 Å². The summed E-state index contributed by atoms with van der Waals surface area (Å²) >= 11 is 0. The fraction of sp³-hybridized carbons (Fsp3) is 0.706. The van der Waals surface area contributed by atoms with Crippen molar-refractivity contribution in [3.05, 3.63) is 24.3 Å². The molecule has 4 heteroatoms. The lowest BCUT2D eigenvalue weighted by Crippen LogP contribution is -2.47. The molecule has 0 aromatic rings. The molecule has 0 amide bonds. The number of rotatable bonds is 9. The second kappa shape index (κ2) is 10.7. The third kappa shape index (κ3) is 8.15. The molecule has 1 rings (SSSR count). The Hall–Kier alpha value is -0.970. The average molecular weight is 293 g/mol. The van der Waals surface area contributed by atoms with E-state index in [9.17, 15) is 0 Å². The lowest BCUT2D eigenvalue weighted by atomic mass is 10.1. The van der Waals surface area contributed by atoms with Crippen LogP contribution >= 0.6 is 0 Å². The van der Waals surface area contributed by atoms with E-state index in [0.717, 1.165) is 52.2 Å². The minimum absolute atomic E-state index is 0.299. The van der Waals surface area contributed by atoms with E-state index in [2.05, 4.69) is 41.4 Å². The van der Waals surface area contributed by atoms with Crippen LogP contribution in [0.4, 0.5) is 0 Å². The van der Waals surface area contributed by atoms with E-state index in [1.54, 1.807) is 0 Å². The van der Waals surface area contributed by atoms with Gasteiger partial charge in [-0.2, -0.15) is 0 Å². The van der Waals surface area contributed by atoms with Crippen LogP contribution in [0.5, 0.6) is 0 Å². The predicted molar refractivity (Wildman–Crippen MR) is 91.1 cm³/mol. The van der Waals surface area contributed by atoms with E-state index in [-0.39, 0.29) is 0 Å². The molecule has 4 nitrogen and oxygen atoms in total. The van der Waals surface area contributed by atoms with Gasteiger partial charge in [0.1, 0.15) is 0 Å². The van der Waals surface area contributed by atoms with Crippen LogP contribution in [-0.2, 0) is 0 Å². The summed E-state index contributed by atoms with van der Waals surface area (Å²) in [6, 6.07) is 0. The third-order valence-corrected chi connectivity index (χ3v) is 3.75. The van der Waals surface area contributed by atoms with Crippen LogP contribution in [0.25, 0.3) is 0 Å². The fourth-order valence-corrected chi connectivity index (χ4v) is 2.57. The highest BCUT2D eigenvalue weighted by Crippen LogP contribution is 2.05. The lowest BCUT2D eigenvalue weighted by Gasteiger charge is -2.35. The molecule has 0 saturated carbocycles. The van der Waals surface area contributed by atoms with Crippen molar-refractivity contribution >= 4 is 6.21 Å². The highest BCUT2D eigenvalue weighted by Gasteiger charge is 2.17. The minimum atomic E-state index is 0.299. The molecule has 0 aliphatic carbocycles. The van der Waals surface area contributed by atoms with E-state index >= 15 is 0 Å². The second-order valence-corrected chi connectivity index (χ2v) is 5.94. The van der Waals surface area contributed by atoms with E-state index in [4.69, 9.17) is 5.11 Å². The maximum Gasteiger partial charge on any atom is 0.0596 e. The van der Waals surface area contributed by atoms with Gasteiger partial charge in [-0.3, -0.25) is 4.99 Å². The SMILES string of the molecule is C=C/C=C(/C)C/N=C\C(C)CN1CCN(CCCO)CC1. The Balaban J connectivity index is 2.21. The van der Waals surface area contributed by atoms with Gasteiger partial charge in [0, 0.05) is 58.0 Å². The van der Waals surface area contributed by atoms with Crippen LogP contribution < -0.4 is 0 Å². The standard InChI is InChI=1S/C17H31N3O/c1-4-6-16(2)13-18-14-17(3)15-20-10-8-19(9-11-20)7-5-12-21/h4,6,14,17,21H,1,5,7-13,15H2,2-3H3/b16-6-,18-14-. The van der Waals surface area contributed by atoms with Crippen molar-refractivity contribution in [3.63, 3.8) is 0 Å². The molecule has 1 unspecified atom stereocenters. The Morgan fingerprint density at radius 1 is 1.29 bits per heavy atom. The van der Waals surface area contributed by atoms with Crippen LogP contribution in [0.2, 0.25) is 0 Å². The van der Waals surface area contributed by atoms with Crippen molar-refractivity contribution in [1.82, 2.24) is 9.80 Å². The maximum absolute atomic E-state index is 8.86. The van der Waals surface area contributed by atoms with Gasteiger partial charge in [0.15, 0.2) is 0 Å². The van der Waals surface area contributed by atoms with Crippen molar-refractivity contribution < 1.29 is 5.11 Å². The fourth-order valence-electron chi connectivity index (χ4n) is 2.57. The van der Waals surface area contributed by atoms with Gasteiger partial charge in [-0.25, -0.2) is 0 Å². The van der Waals surface area contributed by atoms with Crippen molar-refractivity contribution in [2.24, 2.45) is 10.9 Å². The van der Waals surface area contributed by atoms with Gasteiger partial charge in [0.25, 0.3) is 0 Å². The van der Waals surface area contributed by atoms with Crippen molar-refractivity contribution in [3.8, 4) is 0 Å². The van der Waals surface area contributed by atoms with Crippen LogP contribution in [0.1, 0.15) is 20.3 Å². The van der Waals surface area contributed by atoms with Gasteiger partial charge >= 0.3 is 0 Å². The Morgan fingerprint density at radius 3 is 2.57 bits per heavy atom. The van der Waals surface area contributed by atoms with E-state index in [1.165, 1.54) is 5.57 Å². The van der Waals surface area contributed by atoms with Gasteiger partial charge in [-0.1, -0.05) is 31.2 Å². The van der Waals surface area contributed by atoms with Crippen molar-refractivity contribution in [2.45, 2.75) is 20.3 Å². The molecule has 0 radical (unpaired) electrons. The van der Waals surface area contributed by atoms with Gasteiger partial charge in [-0.15, -0.1) is 0 Å². The Morgan fingerprint density at radius 2 is 1.95 bits per heavy atom. The number of nitrogens with zero attached hydrogens (tertiary/aromatic N) is 3. The summed E-state index contributed by atoms with van der Waals surface area (Å²) in [6.07, 6.45) is 6.79. The Labute approximate surface area is 129 Å². The van der Waals surface area contributed by atoms with E-state index in [1.807, 2.05) is 12.2 Å². The summed E-state index contributed by atoms with van der Waals surface area (Å²) in [6.45, 7) is 15.7. The molecule has 1 atom stereocenters. The van der Waals surface area contributed by atoms with Crippen molar-refractivity contribution in [1.29, 1.82) is 0 Å². The summed E-state index contributed by atoms with van der Waals surface area (Å²) < 4.78 is 0. The molecule has 0 aromatic heterocycles. The zero-order chi connectivity index (χ0) is 15.5. The maximum atomic E-state index is 8.86. The number of aliphatic imine (C=N–C) groups is 1. The molecule has 1 aliphatic heterocycles. The third-order valence-electron chi connectivity index (χ3n) is 3.75. The average Bonchev–Trinajstić information content (AvgIpc) is 2.47. The molecule has 0 aromatic carbocycles. The number of aliphatic hydroxyl groups is 1. The normalized spacial score (nSPS) is 20.0. The van der Waals surface area contributed by atoms with Crippen LogP contribution in [0.3, 0.4) is 0 Å². The number of hydrogen-bond donors (Lipinski definition) is 1. The summed E-state index contributed by atoms with van der Waals surface area (Å²) in [5.74, 6) is 0.491. The Kier molecular flexibility index (Phi) is 9.22. The second-order valence-electron chi connectivity index (χ2n) is 5.94. The first kappa shape index (κ1) is 18.1. The number of piperazine rings is 1. The number of hydrogen-bond acceptors (Lipinski definition) is 4. The highest BCUT2D eigenvalue weighted by molar-refractivity contribution is 5.60. The molecule has 0 bridgehead atoms. The van der Waals surface area contributed by atoms with Crippen LogP contribution in [0.15, 0.2) is 29.3 Å². The summed E-state index contributed by atoms with van der Waals surface area (Å²) in [7, 11) is 0. The molecular weight excluding hydrogens is 262 g/mol. The first-order chi connectivity index (χ1) is 10.2. The molecule has 21 heavy (non-hydrogen) atoms. The quantitative estimate of drug-likeness (QED) is 0.521. The number of aliphatic hydroxyl groups excluding tert-OH is 1. The predicted octanol–water partition coefficient (Wildman–Crippen LogP) is 1.83. The topological polar surface area (TPSA) is 39.1 Å². The minimum Gasteiger partial charge on any atom is -0.396 e. The first-order valence-electron chi connectivity index (χ1n) is 7.99. The largest absolute Gasteiger partial charge is 0.396 e. The Bertz CT molecular complexity index is 344. The van der Waals surface area contributed by atoms with E-state index in [0.29, 0.717) is 12.5 Å². The van der Waals surface area contributed by atoms with Gasteiger partial charge in [-0.05, 0) is 13.3 Å². The molecule has 0 spiro atoms. The molecule has 1 saturated heterocycles. The molecular formula is C17H31N3O. The summed E-state index contributed by atoms with van der Waals surface area (Å²) in [5, 5.41) is 8.86. The van der Waals surface area contributed by atoms with Gasteiger partial charge in [0.05, 0.1) is 6.54 Å². The highest BCUT2D eigenvalue weighted by atomic mass is 16.3. The molecule has 1 N–H and O–H groups in total. The summed E-state index contributed by atoms with van der Waals surface area (Å²) in [5.41, 5.74) is 1.24. The number of allylic oxidation sites excluding steroid dienone is 2. The summed E-state index contributed by atoms with van der Waals surface area (Å²) in [4.78, 5) is 9.46. The molecule has 1 aliphatic rings. The van der Waals surface area contributed by atoms with Crippen molar-refractivity contribution in [2.75, 3.05) is 52.4 Å². The first-order valence-corrected chi connectivity index (χ1v) is 7.99. The van der Waals surface area contributed by atoms with Crippen LogP contribution in [-0.4, -0.2) is 73.5 Å². The molecule has 1 heterocycles. The molecule has 1 fully saturated rings. The van der Waals surface area contributed by atoms with Gasteiger partial charge < -0.3 is 14.9 Å². The molecule has 120 valence electrons. The zero-order valence-corrected chi connectivity index (χ0v) is 13.7. The zero-order valence-electron chi connectivity index (χ0n) is 13.7. The lowest BCUT2D eigenvalue weighted by molar-refractivity contribution is 0.120. The van der Waals surface area contributed by atoms with E-state index < -0.39 is 0 Å².